The van der Waals surface area contributed by atoms with Gasteiger partial charge in [-0.3, -0.25) is 0 Å². The summed E-state index contributed by atoms with van der Waals surface area (Å²) in [5.41, 5.74) is 0. The molecule has 1 nitrogen and oxygen atoms in total. The van der Waals surface area contributed by atoms with E-state index >= 15 is 0 Å². The third-order valence-electron chi connectivity index (χ3n) is 2.85. The van der Waals surface area contributed by atoms with Gasteiger partial charge >= 0.3 is 0 Å². The molecule has 0 aliphatic carbocycles. The summed E-state index contributed by atoms with van der Waals surface area (Å²) in [4.78, 5) is 2.63. The minimum Gasteiger partial charge on any atom is -0.301 e. The highest BCUT2D eigenvalue weighted by atomic mass is 79.9. The second kappa shape index (κ2) is 5.23. The summed E-state index contributed by atoms with van der Waals surface area (Å²) in [6.45, 7) is 7.33. The number of nitrogens with zero attached hydrogens (tertiary/aromatic N) is 1. The molecule has 2 unspecified atom stereocenters. The van der Waals surface area contributed by atoms with Crippen molar-refractivity contribution in [1.82, 2.24) is 4.90 Å². The molecule has 1 rings (SSSR count). The monoisotopic (exact) mass is 233 g/mol. The fourth-order valence-corrected chi connectivity index (χ4v) is 2.30. The van der Waals surface area contributed by atoms with Crippen LogP contribution in [0.2, 0.25) is 0 Å². The van der Waals surface area contributed by atoms with Crippen LogP contribution < -0.4 is 0 Å². The molecule has 0 saturated carbocycles. The largest absolute Gasteiger partial charge is 0.301 e. The average Bonchev–Trinajstić information content (AvgIpc) is 2.03. The van der Waals surface area contributed by atoms with Gasteiger partial charge in [-0.25, -0.2) is 0 Å². The number of hydrogen-bond acceptors (Lipinski definition) is 1. The van der Waals surface area contributed by atoms with Gasteiger partial charge in [-0.2, -0.15) is 0 Å². The van der Waals surface area contributed by atoms with E-state index in [2.05, 4.69) is 34.7 Å². The topological polar surface area (TPSA) is 3.24 Å². The number of hydrogen-bond donors (Lipinski definition) is 0. The van der Waals surface area contributed by atoms with Crippen molar-refractivity contribution >= 4 is 15.9 Å². The Morgan fingerprint density at radius 1 is 1.42 bits per heavy atom. The molecule has 0 aromatic carbocycles. The molecule has 1 aliphatic rings. The minimum atomic E-state index is 0.813. The summed E-state index contributed by atoms with van der Waals surface area (Å²) >= 11 is 3.48. The molecule has 0 amide bonds. The summed E-state index contributed by atoms with van der Waals surface area (Å²) in [6.07, 6.45) is 4.08. The SMILES string of the molecule is CC1CCN(CCCBr)C(C)C1. The molecule has 1 saturated heterocycles. The third-order valence-corrected chi connectivity index (χ3v) is 3.42. The Hall–Kier alpha value is 0.440. The first-order valence-corrected chi connectivity index (χ1v) is 6.16. The number of likely N-dealkylation sites (tertiary alicyclic amines) is 1. The lowest BCUT2D eigenvalue weighted by molar-refractivity contribution is 0.130. The zero-order chi connectivity index (χ0) is 8.97. The lowest BCUT2D eigenvalue weighted by Crippen LogP contribution is -2.40. The van der Waals surface area contributed by atoms with Crippen molar-refractivity contribution in [2.45, 2.75) is 39.2 Å². The van der Waals surface area contributed by atoms with E-state index in [1.165, 1.54) is 32.4 Å². The fourth-order valence-electron chi connectivity index (χ4n) is 2.05. The minimum absolute atomic E-state index is 0.813. The highest BCUT2D eigenvalue weighted by Gasteiger charge is 2.21. The molecular formula is C10H20BrN. The van der Waals surface area contributed by atoms with Crippen LogP contribution in [0.15, 0.2) is 0 Å². The lowest BCUT2D eigenvalue weighted by atomic mass is 9.93. The molecule has 0 radical (unpaired) electrons. The molecule has 2 heteroatoms. The van der Waals surface area contributed by atoms with E-state index in [4.69, 9.17) is 0 Å². The van der Waals surface area contributed by atoms with Crippen molar-refractivity contribution in [2.75, 3.05) is 18.4 Å². The van der Waals surface area contributed by atoms with Crippen molar-refractivity contribution in [1.29, 1.82) is 0 Å². The fraction of sp³-hybridized carbons (Fsp3) is 1.00. The van der Waals surface area contributed by atoms with E-state index in [0.29, 0.717) is 0 Å². The molecule has 0 aromatic heterocycles. The molecule has 72 valence electrons. The predicted molar refractivity (Wildman–Crippen MR) is 57.8 cm³/mol. The third kappa shape index (κ3) is 3.06. The van der Waals surface area contributed by atoms with Crippen molar-refractivity contribution in [3.05, 3.63) is 0 Å². The molecule has 2 atom stereocenters. The summed E-state index contributed by atoms with van der Waals surface area (Å²) in [6, 6.07) is 0.813. The van der Waals surface area contributed by atoms with Gasteiger partial charge < -0.3 is 4.90 Å². The Kier molecular flexibility index (Phi) is 4.59. The van der Waals surface area contributed by atoms with E-state index in [9.17, 15) is 0 Å². The van der Waals surface area contributed by atoms with Gasteiger partial charge in [0, 0.05) is 11.4 Å². The quantitative estimate of drug-likeness (QED) is 0.679. The van der Waals surface area contributed by atoms with Gasteiger partial charge in [0.25, 0.3) is 0 Å². The van der Waals surface area contributed by atoms with Crippen LogP contribution in [0.5, 0.6) is 0 Å². The zero-order valence-corrected chi connectivity index (χ0v) is 9.81. The van der Waals surface area contributed by atoms with Crippen molar-refractivity contribution in [3.8, 4) is 0 Å². The van der Waals surface area contributed by atoms with Crippen LogP contribution in [0.3, 0.4) is 0 Å². The molecule has 0 spiro atoms. The maximum Gasteiger partial charge on any atom is 0.00694 e. The molecule has 0 bridgehead atoms. The Labute approximate surface area is 84.6 Å². The van der Waals surface area contributed by atoms with E-state index < -0.39 is 0 Å². The van der Waals surface area contributed by atoms with Gasteiger partial charge in [-0.05, 0) is 45.2 Å². The summed E-state index contributed by atoms with van der Waals surface area (Å²) < 4.78 is 0. The summed E-state index contributed by atoms with van der Waals surface area (Å²) in [5.74, 6) is 0.945. The first-order valence-electron chi connectivity index (χ1n) is 5.04. The summed E-state index contributed by atoms with van der Waals surface area (Å²) in [7, 11) is 0. The maximum absolute atomic E-state index is 3.48. The van der Waals surface area contributed by atoms with Gasteiger partial charge in [-0.15, -0.1) is 0 Å². The first kappa shape index (κ1) is 10.5. The van der Waals surface area contributed by atoms with Crippen LogP contribution in [0.25, 0.3) is 0 Å². The van der Waals surface area contributed by atoms with Crippen LogP contribution in [0.4, 0.5) is 0 Å². The van der Waals surface area contributed by atoms with Crippen LogP contribution in [-0.2, 0) is 0 Å². The van der Waals surface area contributed by atoms with Crippen LogP contribution >= 0.6 is 15.9 Å². The molecular weight excluding hydrogens is 214 g/mol. The second-order valence-electron chi connectivity index (χ2n) is 4.06. The maximum atomic E-state index is 3.48. The Morgan fingerprint density at radius 3 is 2.75 bits per heavy atom. The van der Waals surface area contributed by atoms with Crippen molar-refractivity contribution in [3.63, 3.8) is 0 Å². The Balaban J connectivity index is 2.25. The first-order chi connectivity index (χ1) is 5.74. The highest BCUT2D eigenvalue weighted by molar-refractivity contribution is 9.09. The number of rotatable bonds is 3. The molecule has 1 aliphatic heterocycles. The van der Waals surface area contributed by atoms with Crippen molar-refractivity contribution in [2.24, 2.45) is 5.92 Å². The second-order valence-corrected chi connectivity index (χ2v) is 4.85. The van der Waals surface area contributed by atoms with Crippen LogP contribution in [-0.4, -0.2) is 29.4 Å². The number of halogens is 1. The predicted octanol–water partition coefficient (Wildman–Crippen LogP) is 2.89. The number of alkyl halides is 1. The standard InChI is InChI=1S/C10H20BrN/c1-9-4-7-12(6-3-5-11)10(2)8-9/h9-10H,3-8H2,1-2H3. The zero-order valence-electron chi connectivity index (χ0n) is 8.22. The number of piperidine rings is 1. The van der Waals surface area contributed by atoms with Crippen molar-refractivity contribution < 1.29 is 0 Å². The smallest absolute Gasteiger partial charge is 0.00694 e. The summed E-state index contributed by atoms with van der Waals surface area (Å²) in [5, 5.41) is 1.14. The molecule has 1 heterocycles. The van der Waals surface area contributed by atoms with Gasteiger partial charge in [0.2, 0.25) is 0 Å². The lowest BCUT2D eigenvalue weighted by Gasteiger charge is -2.36. The average molecular weight is 234 g/mol. The normalized spacial score (nSPS) is 32.2. The van der Waals surface area contributed by atoms with E-state index in [1.807, 2.05) is 0 Å². The molecule has 0 N–H and O–H groups in total. The Morgan fingerprint density at radius 2 is 2.17 bits per heavy atom. The van der Waals surface area contributed by atoms with E-state index in [1.54, 1.807) is 0 Å². The van der Waals surface area contributed by atoms with Crippen LogP contribution in [0, 0.1) is 5.92 Å². The van der Waals surface area contributed by atoms with E-state index in [0.717, 1.165) is 17.3 Å². The van der Waals surface area contributed by atoms with Gasteiger partial charge in [0.15, 0.2) is 0 Å². The Bertz CT molecular complexity index is 125. The van der Waals surface area contributed by atoms with E-state index in [-0.39, 0.29) is 0 Å². The van der Waals surface area contributed by atoms with Gasteiger partial charge in [0.05, 0.1) is 0 Å². The molecule has 0 aromatic rings. The van der Waals surface area contributed by atoms with Gasteiger partial charge in [-0.1, -0.05) is 22.9 Å². The van der Waals surface area contributed by atoms with Gasteiger partial charge in [0.1, 0.15) is 0 Å². The highest BCUT2D eigenvalue weighted by Crippen LogP contribution is 2.21. The molecule has 12 heavy (non-hydrogen) atoms. The van der Waals surface area contributed by atoms with Crippen LogP contribution in [0.1, 0.15) is 33.1 Å². The molecule has 1 fully saturated rings.